The molecule has 0 aromatic heterocycles. The first-order valence-corrected chi connectivity index (χ1v) is 6.61. The quantitative estimate of drug-likeness (QED) is 0.779. The van der Waals surface area contributed by atoms with Crippen LogP contribution in [-0.2, 0) is 19.1 Å². The molecule has 0 heterocycles. The molecular weight excluding hydrogens is 274 g/mol. The van der Waals surface area contributed by atoms with Gasteiger partial charge in [0, 0.05) is 18.9 Å². The average Bonchev–Trinajstić information content (AvgIpc) is 2.51. The topological polar surface area (TPSA) is 73.9 Å². The van der Waals surface area contributed by atoms with E-state index in [0.717, 1.165) is 0 Å². The number of nitrogens with one attached hydrogen (secondary N) is 1. The molecule has 1 rings (SSSR count). The Kier molecular flexibility index (Phi) is 6.17. The van der Waals surface area contributed by atoms with Gasteiger partial charge in [-0.25, -0.2) is 4.79 Å². The number of carbonyl (C=O) groups is 2. The maximum Gasteiger partial charge on any atom is 0.343 e. The standard InChI is InChI=1S/C15H21NO5/c1-5-15(2,20-4)14(18)16-11-7-6-8-12(9-11)21-10-13(17)19-3/h6-9H,5,10H2,1-4H3,(H,16,18). The number of esters is 1. The highest BCUT2D eigenvalue weighted by Gasteiger charge is 2.30. The Hall–Kier alpha value is -2.08. The Morgan fingerprint density at radius 2 is 2.00 bits per heavy atom. The van der Waals surface area contributed by atoms with Crippen LogP contribution in [0.4, 0.5) is 5.69 Å². The maximum absolute atomic E-state index is 12.2. The molecule has 0 radical (unpaired) electrons. The van der Waals surface area contributed by atoms with Gasteiger partial charge in [-0.3, -0.25) is 4.79 Å². The first kappa shape index (κ1) is 17.0. The van der Waals surface area contributed by atoms with E-state index >= 15 is 0 Å². The Bertz CT molecular complexity index is 497. The Morgan fingerprint density at radius 1 is 1.29 bits per heavy atom. The van der Waals surface area contributed by atoms with E-state index in [0.29, 0.717) is 17.9 Å². The van der Waals surface area contributed by atoms with Gasteiger partial charge in [0.15, 0.2) is 6.61 Å². The molecular formula is C15H21NO5. The lowest BCUT2D eigenvalue weighted by molar-refractivity contribution is -0.143. The summed E-state index contributed by atoms with van der Waals surface area (Å²) in [6, 6.07) is 6.77. The van der Waals surface area contributed by atoms with Gasteiger partial charge in [-0.1, -0.05) is 13.0 Å². The van der Waals surface area contributed by atoms with E-state index < -0.39 is 11.6 Å². The summed E-state index contributed by atoms with van der Waals surface area (Å²) in [5.74, 6) is -0.242. The molecule has 1 atom stereocenters. The zero-order chi connectivity index (χ0) is 15.9. The zero-order valence-corrected chi connectivity index (χ0v) is 12.8. The third kappa shape index (κ3) is 4.75. The molecule has 116 valence electrons. The van der Waals surface area contributed by atoms with E-state index in [4.69, 9.17) is 9.47 Å². The van der Waals surface area contributed by atoms with Crippen LogP contribution in [0, 0.1) is 0 Å². The van der Waals surface area contributed by atoms with Crippen LogP contribution in [0.5, 0.6) is 5.75 Å². The average molecular weight is 295 g/mol. The smallest absolute Gasteiger partial charge is 0.343 e. The fourth-order valence-corrected chi connectivity index (χ4v) is 1.53. The second kappa shape index (κ2) is 7.64. The highest BCUT2D eigenvalue weighted by molar-refractivity contribution is 5.97. The van der Waals surface area contributed by atoms with Gasteiger partial charge >= 0.3 is 5.97 Å². The number of rotatable bonds is 7. The van der Waals surface area contributed by atoms with Gasteiger partial charge in [0.25, 0.3) is 5.91 Å². The minimum atomic E-state index is -0.886. The molecule has 0 bridgehead atoms. The highest BCUT2D eigenvalue weighted by atomic mass is 16.6. The van der Waals surface area contributed by atoms with Crippen LogP contribution in [0.15, 0.2) is 24.3 Å². The largest absolute Gasteiger partial charge is 0.482 e. The first-order chi connectivity index (χ1) is 9.95. The van der Waals surface area contributed by atoms with Gasteiger partial charge in [0.2, 0.25) is 0 Å². The van der Waals surface area contributed by atoms with Crippen LogP contribution in [0.25, 0.3) is 0 Å². The van der Waals surface area contributed by atoms with Gasteiger partial charge in [-0.2, -0.15) is 0 Å². The lowest BCUT2D eigenvalue weighted by atomic mass is 10.0. The van der Waals surface area contributed by atoms with Crippen molar-refractivity contribution in [2.75, 3.05) is 26.1 Å². The van der Waals surface area contributed by atoms with Crippen molar-refractivity contribution in [3.05, 3.63) is 24.3 Å². The lowest BCUT2D eigenvalue weighted by Gasteiger charge is -2.25. The van der Waals surface area contributed by atoms with Gasteiger partial charge in [0.05, 0.1) is 7.11 Å². The molecule has 0 spiro atoms. The number of hydrogen-bond donors (Lipinski definition) is 1. The maximum atomic E-state index is 12.2. The summed E-state index contributed by atoms with van der Waals surface area (Å²) in [4.78, 5) is 23.2. The molecule has 0 aliphatic rings. The molecule has 21 heavy (non-hydrogen) atoms. The van der Waals surface area contributed by atoms with Crippen molar-refractivity contribution in [2.24, 2.45) is 0 Å². The number of anilines is 1. The minimum absolute atomic E-state index is 0.182. The lowest BCUT2D eigenvalue weighted by Crippen LogP contribution is -2.41. The van der Waals surface area contributed by atoms with Crippen molar-refractivity contribution in [1.82, 2.24) is 0 Å². The predicted octanol–water partition coefficient (Wildman–Crippen LogP) is 1.99. The molecule has 1 aromatic rings. The predicted molar refractivity (Wildman–Crippen MR) is 78.3 cm³/mol. The molecule has 1 unspecified atom stereocenters. The van der Waals surface area contributed by atoms with Crippen LogP contribution in [0.1, 0.15) is 20.3 Å². The molecule has 0 aliphatic carbocycles. The molecule has 6 nitrogen and oxygen atoms in total. The van der Waals surface area contributed by atoms with Crippen LogP contribution in [0.3, 0.4) is 0 Å². The number of amides is 1. The zero-order valence-electron chi connectivity index (χ0n) is 12.8. The van der Waals surface area contributed by atoms with E-state index in [1.807, 2.05) is 6.92 Å². The number of hydrogen-bond acceptors (Lipinski definition) is 5. The molecule has 0 fully saturated rings. The summed E-state index contributed by atoms with van der Waals surface area (Å²) < 4.78 is 15.0. The van der Waals surface area contributed by atoms with E-state index in [9.17, 15) is 9.59 Å². The molecule has 1 aromatic carbocycles. The van der Waals surface area contributed by atoms with Gasteiger partial charge < -0.3 is 19.5 Å². The van der Waals surface area contributed by atoms with Crippen molar-refractivity contribution in [3.8, 4) is 5.75 Å². The monoisotopic (exact) mass is 295 g/mol. The summed E-state index contributed by atoms with van der Waals surface area (Å²) in [6.07, 6.45) is 0.549. The molecule has 0 aliphatic heterocycles. The fourth-order valence-electron chi connectivity index (χ4n) is 1.53. The summed E-state index contributed by atoms with van der Waals surface area (Å²) in [5.41, 5.74) is -0.317. The van der Waals surface area contributed by atoms with E-state index in [2.05, 4.69) is 10.1 Å². The second-order valence-electron chi connectivity index (χ2n) is 4.64. The Labute approximate surface area is 124 Å². The molecule has 0 saturated carbocycles. The van der Waals surface area contributed by atoms with Crippen LogP contribution < -0.4 is 10.1 Å². The SMILES string of the molecule is CCC(C)(OC)C(=O)Nc1cccc(OCC(=O)OC)c1. The molecule has 6 heteroatoms. The highest BCUT2D eigenvalue weighted by Crippen LogP contribution is 2.21. The van der Waals surface area contributed by atoms with Crippen molar-refractivity contribution in [2.45, 2.75) is 25.9 Å². The van der Waals surface area contributed by atoms with E-state index in [1.54, 1.807) is 31.2 Å². The van der Waals surface area contributed by atoms with Crippen molar-refractivity contribution in [1.29, 1.82) is 0 Å². The van der Waals surface area contributed by atoms with Gasteiger partial charge in [-0.05, 0) is 25.5 Å². The van der Waals surface area contributed by atoms with E-state index in [-0.39, 0.29) is 12.5 Å². The summed E-state index contributed by atoms with van der Waals surface area (Å²) >= 11 is 0. The third-order valence-corrected chi connectivity index (χ3v) is 3.28. The van der Waals surface area contributed by atoms with Crippen LogP contribution >= 0.6 is 0 Å². The number of methoxy groups -OCH3 is 2. The Balaban J connectivity index is 2.72. The minimum Gasteiger partial charge on any atom is -0.482 e. The van der Waals surface area contributed by atoms with Crippen LogP contribution in [-0.4, -0.2) is 38.3 Å². The first-order valence-electron chi connectivity index (χ1n) is 6.61. The summed E-state index contributed by atoms with van der Waals surface area (Å²) in [6.45, 7) is 3.41. The fraction of sp³-hybridized carbons (Fsp3) is 0.467. The van der Waals surface area contributed by atoms with Crippen molar-refractivity contribution in [3.63, 3.8) is 0 Å². The summed E-state index contributed by atoms with van der Waals surface area (Å²) in [7, 11) is 2.79. The van der Waals surface area contributed by atoms with Crippen molar-refractivity contribution < 1.29 is 23.8 Å². The molecule has 1 amide bonds. The normalized spacial score (nSPS) is 13.1. The van der Waals surface area contributed by atoms with Gasteiger partial charge in [0.1, 0.15) is 11.4 Å². The number of benzene rings is 1. The number of ether oxygens (including phenoxy) is 3. The summed E-state index contributed by atoms with van der Waals surface area (Å²) in [5, 5.41) is 2.77. The molecule has 0 saturated heterocycles. The number of carbonyl (C=O) groups excluding carboxylic acids is 2. The van der Waals surface area contributed by atoms with Crippen LogP contribution in [0.2, 0.25) is 0 Å². The van der Waals surface area contributed by atoms with Gasteiger partial charge in [-0.15, -0.1) is 0 Å². The Morgan fingerprint density at radius 3 is 2.57 bits per heavy atom. The van der Waals surface area contributed by atoms with E-state index in [1.165, 1.54) is 14.2 Å². The third-order valence-electron chi connectivity index (χ3n) is 3.28. The molecule has 1 N–H and O–H groups in total. The van der Waals surface area contributed by atoms with Crippen molar-refractivity contribution >= 4 is 17.6 Å². The second-order valence-corrected chi connectivity index (χ2v) is 4.64.